The van der Waals surface area contributed by atoms with Gasteiger partial charge in [0.1, 0.15) is 11.5 Å². The maximum Gasteiger partial charge on any atom is 0.262 e. The maximum atomic E-state index is 12.5. The lowest BCUT2D eigenvalue weighted by molar-refractivity contribution is -0.118. The summed E-state index contributed by atoms with van der Waals surface area (Å²) in [6.45, 7) is 1.78. The minimum atomic E-state index is -0.359. The van der Waals surface area contributed by atoms with Gasteiger partial charge in [-0.1, -0.05) is 41.9 Å². The second-order valence-corrected chi connectivity index (χ2v) is 6.86. The maximum absolute atomic E-state index is 12.5. The third kappa shape index (κ3) is 5.30. The smallest absolute Gasteiger partial charge is 0.262 e. The van der Waals surface area contributed by atoms with Gasteiger partial charge >= 0.3 is 0 Å². The van der Waals surface area contributed by atoms with Gasteiger partial charge in [-0.2, -0.15) is 0 Å². The zero-order valence-corrected chi connectivity index (χ0v) is 17.3. The summed E-state index contributed by atoms with van der Waals surface area (Å²) < 4.78 is 10.9. The van der Waals surface area contributed by atoms with E-state index in [0.29, 0.717) is 33.5 Å². The van der Waals surface area contributed by atoms with Crippen LogP contribution < -0.4 is 20.1 Å². The molecular formula is C23H21ClN2O4. The van der Waals surface area contributed by atoms with E-state index in [0.717, 1.165) is 5.56 Å². The molecule has 0 aliphatic rings. The molecule has 0 spiro atoms. The average molecular weight is 425 g/mol. The zero-order valence-electron chi connectivity index (χ0n) is 16.6. The quantitative estimate of drug-likeness (QED) is 0.564. The van der Waals surface area contributed by atoms with E-state index >= 15 is 0 Å². The number of para-hydroxylation sites is 1. The van der Waals surface area contributed by atoms with Crippen molar-refractivity contribution in [1.82, 2.24) is 0 Å². The normalized spacial score (nSPS) is 10.2. The number of ether oxygens (including phenoxy) is 2. The van der Waals surface area contributed by atoms with Crippen molar-refractivity contribution in [3.05, 3.63) is 82.9 Å². The van der Waals surface area contributed by atoms with Gasteiger partial charge in [-0.3, -0.25) is 9.59 Å². The summed E-state index contributed by atoms with van der Waals surface area (Å²) in [4.78, 5) is 24.7. The molecule has 3 aromatic carbocycles. The van der Waals surface area contributed by atoms with E-state index in [4.69, 9.17) is 21.1 Å². The monoisotopic (exact) mass is 424 g/mol. The number of carbonyl (C=O) groups is 2. The number of benzene rings is 3. The number of amides is 2. The minimum absolute atomic E-state index is 0.127. The molecule has 0 unspecified atom stereocenters. The van der Waals surface area contributed by atoms with Crippen molar-refractivity contribution in [1.29, 1.82) is 0 Å². The number of halogens is 1. The minimum Gasteiger partial charge on any atom is -0.494 e. The van der Waals surface area contributed by atoms with Crippen LogP contribution in [0.1, 0.15) is 15.9 Å². The fourth-order valence-corrected chi connectivity index (χ4v) is 2.99. The Balaban J connectivity index is 1.65. The SMILES string of the molecule is COc1cc(NC(=O)COc2ccccc2C)ccc1NC(=O)c1ccccc1Cl. The Morgan fingerprint density at radius 3 is 2.40 bits per heavy atom. The van der Waals surface area contributed by atoms with Crippen molar-refractivity contribution < 1.29 is 19.1 Å². The van der Waals surface area contributed by atoms with Crippen LogP contribution in [0, 0.1) is 6.92 Å². The van der Waals surface area contributed by atoms with Gasteiger partial charge in [-0.05, 0) is 42.8 Å². The zero-order chi connectivity index (χ0) is 21.5. The first-order valence-electron chi connectivity index (χ1n) is 9.20. The van der Waals surface area contributed by atoms with Crippen LogP contribution in [0.3, 0.4) is 0 Å². The molecule has 0 aliphatic carbocycles. The Labute approximate surface area is 179 Å². The van der Waals surface area contributed by atoms with Gasteiger partial charge in [0.25, 0.3) is 11.8 Å². The standard InChI is InChI=1S/C23H21ClN2O4/c1-15-7-3-6-10-20(15)30-14-22(27)25-16-11-12-19(21(13-16)29-2)26-23(28)17-8-4-5-9-18(17)24/h3-13H,14H2,1-2H3,(H,25,27)(H,26,28). The van der Waals surface area contributed by atoms with Gasteiger partial charge in [-0.15, -0.1) is 0 Å². The lowest BCUT2D eigenvalue weighted by atomic mass is 10.2. The van der Waals surface area contributed by atoms with Gasteiger partial charge < -0.3 is 20.1 Å². The molecule has 0 heterocycles. The molecule has 3 rings (SSSR count). The van der Waals surface area contributed by atoms with Crippen LogP contribution in [0.25, 0.3) is 0 Å². The molecule has 30 heavy (non-hydrogen) atoms. The number of methoxy groups -OCH3 is 1. The largest absolute Gasteiger partial charge is 0.494 e. The fraction of sp³-hybridized carbons (Fsp3) is 0.130. The molecule has 0 radical (unpaired) electrons. The van der Waals surface area contributed by atoms with Crippen molar-refractivity contribution >= 4 is 34.8 Å². The van der Waals surface area contributed by atoms with Crippen molar-refractivity contribution in [2.75, 3.05) is 24.4 Å². The van der Waals surface area contributed by atoms with Gasteiger partial charge in [0.05, 0.1) is 23.4 Å². The molecule has 0 bridgehead atoms. The number of nitrogens with one attached hydrogen (secondary N) is 2. The molecule has 2 amide bonds. The van der Waals surface area contributed by atoms with Gasteiger partial charge in [-0.25, -0.2) is 0 Å². The van der Waals surface area contributed by atoms with Crippen molar-refractivity contribution in [3.63, 3.8) is 0 Å². The van der Waals surface area contributed by atoms with Gasteiger partial charge in [0.15, 0.2) is 6.61 Å². The van der Waals surface area contributed by atoms with Crippen LogP contribution in [0.2, 0.25) is 5.02 Å². The summed E-state index contributed by atoms with van der Waals surface area (Å²) in [5.74, 6) is 0.381. The molecule has 0 saturated heterocycles. The van der Waals surface area contributed by atoms with E-state index in [9.17, 15) is 9.59 Å². The van der Waals surface area contributed by atoms with Crippen LogP contribution in [-0.2, 0) is 4.79 Å². The Morgan fingerprint density at radius 2 is 1.67 bits per heavy atom. The molecule has 0 fully saturated rings. The second kappa shape index (κ2) is 9.80. The Morgan fingerprint density at radius 1 is 0.933 bits per heavy atom. The summed E-state index contributed by atoms with van der Waals surface area (Å²) in [6.07, 6.45) is 0. The van der Waals surface area contributed by atoms with Crippen molar-refractivity contribution in [3.8, 4) is 11.5 Å². The summed E-state index contributed by atoms with van der Waals surface area (Å²) in [5.41, 5.74) is 2.27. The highest BCUT2D eigenvalue weighted by atomic mass is 35.5. The number of hydrogen-bond donors (Lipinski definition) is 2. The van der Waals surface area contributed by atoms with E-state index in [1.165, 1.54) is 7.11 Å². The number of anilines is 2. The molecule has 6 nitrogen and oxygen atoms in total. The van der Waals surface area contributed by atoms with Gasteiger partial charge in [0, 0.05) is 11.8 Å². The molecule has 0 aliphatic heterocycles. The first-order chi connectivity index (χ1) is 14.5. The predicted molar refractivity (Wildman–Crippen MR) is 118 cm³/mol. The molecule has 3 aromatic rings. The molecule has 154 valence electrons. The summed E-state index contributed by atoms with van der Waals surface area (Å²) in [7, 11) is 1.48. The highest BCUT2D eigenvalue weighted by molar-refractivity contribution is 6.34. The Kier molecular flexibility index (Phi) is 6.93. The van der Waals surface area contributed by atoms with E-state index in [1.54, 1.807) is 42.5 Å². The number of hydrogen-bond acceptors (Lipinski definition) is 4. The summed E-state index contributed by atoms with van der Waals surface area (Å²) >= 11 is 6.07. The second-order valence-electron chi connectivity index (χ2n) is 6.45. The lowest BCUT2D eigenvalue weighted by Crippen LogP contribution is -2.20. The molecule has 0 saturated carbocycles. The van der Waals surface area contributed by atoms with E-state index in [-0.39, 0.29) is 18.4 Å². The van der Waals surface area contributed by atoms with Crippen LogP contribution >= 0.6 is 11.6 Å². The lowest BCUT2D eigenvalue weighted by Gasteiger charge is -2.13. The molecule has 0 aromatic heterocycles. The number of aryl methyl sites for hydroxylation is 1. The van der Waals surface area contributed by atoms with Crippen molar-refractivity contribution in [2.24, 2.45) is 0 Å². The van der Waals surface area contributed by atoms with Crippen LogP contribution in [0.15, 0.2) is 66.7 Å². The average Bonchev–Trinajstić information content (AvgIpc) is 2.74. The Hall–Kier alpha value is -3.51. The topological polar surface area (TPSA) is 76.7 Å². The van der Waals surface area contributed by atoms with Crippen LogP contribution in [0.4, 0.5) is 11.4 Å². The van der Waals surface area contributed by atoms with E-state index < -0.39 is 0 Å². The third-order valence-corrected chi connectivity index (χ3v) is 4.63. The number of carbonyl (C=O) groups excluding carboxylic acids is 2. The van der Waals surface area contributed by atoms with E-state index in [1.807, 2.05) is 31.2 Å². The van der Waals surface area contributed by atoms with Gasteiger partial charge in [0.2, 0.25) is 0 Å². The van der Waals surface area contributed by atoms with Crippen LogP contribution in [-0.4, -0.2) is 25.5 Å². The molecule has 2 N–H and O–H groups in total. The molecule has 7 heteroatoms. The van der Waals surface area contributed by atoms with Crippen molar-refractivity contribution in [2.45, 2.75) is 6.92 Å². The summed E-state index contributed by atoms with van der Waals surface area (Å²) in [6, 6.07) is 19.2. The predicted octanol–water partition coefficient (Wildman–Crippen LogP) is 4.93. The summed E-state index contributed by atoms with van der Waals surface area (Å²) in [5, 5.41) is 5.87. The third-order valence-electron chi connectivity index (χ3n) is 4.30. The highest BCUT2D eigenvalue weighted by Gasteiger charge is 2.14. The first kappa shape index (κ1) is 21.2. The fourth-order valence-electron chi connectivity index (χ4n) is 2.77. The molecular weight excluding hydrogens is 404 g/mol. The number of rotatable bonds is 7. The molecule has 0 atom stereocenters. The van der Waals surface area contributed by atoms with Crippen LogP contribution in [0.5, 0.6) is 11.5 Å². The Bertz CT molecular complexity index is 1070. The highest BCUT2D eigenvalue weighted by Crippen LogP contribution is 2.29. The first-order valence-corrected chi connectivity index (χ1v) is 9.58. The van der Waals surface area contributed by atoms with E-state index in [2.05, 4.69) is 10.6 Å².